The third-order valence-corrected chi connectivity index (χ3v) is 2.47. The third kappa shape index (κ3) is 8.26. The lowest BCUT2D eigenvalue weighted by Crippen LogP contribution is -2.40. The first-order valence-electron chi connectivity index (χ1n) is 5.41. The molecule has 0 saturated heterocycles. The van der Waals surface area contributed by atoms with Crippen LogP contribution in [0.4, 0.5) is 0 Å². The van der Waals surface area contributed by atoms with Crippen LogP contribution < -0.4 is 0 Å². The van der Waals surface area contributed by atoms with Crippen molar-refractivity contribution in [2.24, 2.45) is 0 Å². The van der Waals surface area contributed by atoms with Gasteiger partial charge in [-0.3, -0.25) is 0 Å². The van der Waals surface area contributed by atoms with E-state index in [9.17, 15) is 0 Å². The molecule has 0 fully saturated rings. The maximum atomic E-state index is 5.48. The lowest BCUT2D eigenvalue weighted by atomic mass is 10.3. The van der Waals surface area contributed by atoms with Crippen LogP contribution in [0.15, 0.2) is 0 Å². The van der Waals surface area contributed by atoms with Gasteiger partial charge in [0.05, 0.1) is 33.3 Å². The summed E-state index contributed by atoms with van der Waals surface area (Å²) in [5.41, 5.74) is 0. The lowest BCUT2D eigenvalue weighted by Gasteiger charge is -2.28. The normalized spacial score (nSPS) is 12.5. The summed E-state index contributed by atoms with van der Waals surface area (Å²) < 4.78 is 6.61. The van der Waals surface area contributed by atoms with E-state index in [-0.39, 0.29) is 0 Å². The Balaban J connectivity index is 3.26. The van der Waals surface area contributed by atoms with Gasteiger partial charge in [-0.25, -0.2) is 0 Å². The Bertz CT molecular complexity index is 121. The highest BCUT2D eigenvalue weighted by atomic mass is 16.5. The van der Waals surface area contributed by atoms with E-state index in [1.165, 1.54) is 25.9 Å². The number of hydrogen-bond donors (Lipinski definition) is 0. The molecule has 0 amide bonds. The van der Waals surface area contributed by atoms with E-state index in [0.717, 1.165) is 11.1 Å². The lowest BCUT2D eigenvalue weighted by molar-refractivity contribution is -0.888. The van der Waals surface area contributed by atoms with Gasteiger partial charge >= 0.3 is 0 Å². The number of rotatable bonds is 7. The van der Waals surface area contributed by atoms with Crippen molar-refractivity contribution >= 4 is 0 Å². The maximum absolute atomic E-state index is 5.48. The number of unbranched alkanes of at least 4 members (excludes halogenated alkanes) is 1. The molecule has 0 rings (SSSR count). The summed E-state index contributed by atoms with van der Waals surface area (Å²) in [4.78, 5) is 0. The van der Waals surface area contributed by atoms with Crippen LogP contribution in [0.2, 0.25) is 0 Å². The zero-order valence-electron chi connectivity index (χ0n) is 9.97. The monoisotopic (exact) mass is 188 g/mol. The summed E-state index contributed by atoms with van der Waals surface area (Å²) in [7, 11) is 4.56. The molecule has 0 aromatic rings. The minimum atomic E-state index is 0.383. The van der Waals surface area contributed by atoms with Gasteiger partial charge in [-0.2, -0.15) is 0 Å². The molecule has 0 radical (unpaired) electrons. The van der Waals surface area contributed by atoms with Crippen molar-refractivity contribution in [3.63, 3.8) is 0 Å². The fourth-order valence-electron chi connectivity index (χ4n) is 1.12. The fourth-order valence-corrected chi connectivity index (χ4v) is 1.12. The quantitative estimate of drug-likeness (QED) is 0.440. The predicted molar refractivity (Wildman–Crippen MR) is 57.8 cm³/mol. The summed E-state index contributed by atoms with van der Waals surface area (Å²) >= 11 is 0. The molecule has 2 nitrogen and oxygen atoms in total. The summed E-state index contributed by atoms with van der Waals surface area (Å²) in [5, 5.41) is 0. The molecule has 0 aliphatic carbocycles. The molecule has 80 valence electrons. The van der Waals surface area contributed by atoms with Crippen LogP contribution in [0.25, 0.3) is 0 Å². The highest BCUT2D eigenvalue weighted by molar-refractivity contribution is 4.41. The Morgan fingerprint density at radius 2 is 1.77 bits per heavy atom. The van der Waals surface area contributed by atoms with Crippen molar-refractivity contribution in [1.82, 2.24) is 0 Å². The zero-order valence-corrected chi connectivity index (χ0v) is 9.97. The molecule has 13 heavy (non-hydrogen) atoms. The molecule has 0 aliphatic rings. The van der Waals surface area contributed by atoms with Gasteiger partial charge < -0.3 is 9.22 Å². The molecule has 2 heteroatoms. The Kier molecular flexibility index (Phi) is 6.35. The van der Waals surface area contributed by atoms with Crippen molar-refractivity contribution < 1.29 is 9.22 Å². The standard InChI is InChI=1S/C11H26NO/c1-6-12(4,5)9-7-8-10-13-11(2)3/h11H,6-10H2,1-5H3/q+1. The van der Waals surface area contributed by atoms with Gasteiger partial charge in [0, 0.05) is 6.61 Å². The average molecular weight is 188 g/mol. The number of hydrogen-bond acceptors (Lipinski definition) is 1. The third-order valence-electron chi connectivity index (χ3n) is 2.47. The van der Waals surface area contributed by atoms with Gasteiger partial charge in [0.25, 0.3) is 0 Å². The SMILES string of the molecule is CC[N+](C)(C)CCCCOC(C)C. The van der Waals surface area contributed by atoms with Crippen LogP contribution in [0, 0.1) is 0 Å². The minimum absolute atomic E-state index is 0.383. The first-order chi connectivity index (χ1) is 5.98. The molecule has 0 aromatic carbocycles. The molecule has 0 atom stereocenters. The molecule has 0 heterocycles. The highest BCUT2D eigenvalue weighted by Gasteiger charge is 2.10. The van der Waals surface area contributed by atoms with E-state index in [1.807, 2.05) is 0 Å². The van der Waals surface area contributed by atoms with E-state index in [2.05, 4.69) is 34.9 Å². The van der Waals surface area contributed by atoms with Crippen LogP contribution in [-0.4, -0.2) is 44.4 Å². The fraction of sp³-hybridized carbons (Fsp3) is 1.00. The summed E-state index contributed by atoms with van der Waals surface area (Å²) in [6, 6.07) is 0. The zero-order chi connectivity index (χ0) is 10.3. The Hall–Kier alpha value is -0.0800. The van der Waals surface area contributed by atoms with E-state index in [0.29, 0.717) is 6.10 Å². The molecule has 0 spiro atoms. The first kappa shape index (κ1) is 12.9. The second kappa shape index (κ2) is 6.39. The highest BCUT2D eigenvalue weighted by Crippen LogP contribution is 2.01. The molecule has 0 aliphatic heterocycles. The second-order valence-corrected chi connectivity index (χ2v) is 4.60. The van der Waals surface area contributed by atoms with E-state index < -0.39 is 0 Å². The first-order valence-corrected chi connectivity index (χ1v) is 5.41. The topological polar surface area (TPSA) is 9.23 Å². The van der Waals surface area contributed by atoms with E-state index in [4.69, 9.17) is 4.74 Å². The van der Waals surface area contributed by atoms with Gasteiger partial charge in [0.1, 0.15) is 0 Å². The molecule has 0 aromatic heterocycles. The Morgan fingerprint density at radius 1 is 1.15 bits per heavy atom. The van der Waals surface area contributed by atoms with Crippen molar-refractivity contribution in [2.45, 2.75) is 39.7 Å². The molecular formula is C11H26NO+. The molecule has 0 N–H and O–H groups in total. The van der Waals surface area contributed by atoms with E-state index >= 15 is 0 Å². The second-order valence-electron chi connectivity index (χ2n) is 4.60. The molecule has 0 bridgehead atoms. The van der Waals surface area contributed by atoms with Crippen molar-refractivity contribution in [1.29, 1.82) is 0 Å². The van der Waals surface area contributed by atoms with Gasteiger partial charge in [-0.05, 0) is 33.6 Å². The largest absolute Gasteiger partial charge is 0.379 e. The Morgan fingerprint density at radius 3 is 2.23 bits per heavy atom. The van der Waals surface area contributed by atoms with Gasteiger partial charge in [-0.1, -0.05) is 0 Å². The summed E-state index contributed by atoms with van der Waals surface area (Å²) in [6.07, 6.45) is 2.85. The predicted octanol–water partition coefficient (Wildman–Crippen LogP) is 2.29. The average Bonchev–Trinajstić information content (AvgIpc) is 2.03. The summed E-state index contributed by atoms with van der Waals surface area (Å²) in [6.45, 7) is 9.81. The molecule has 0 saturated carbocycles. The smallest absolute Gasteiger partial charge is 0.0783 e. The van der Waals surface area contributed by atoms with Crippen LogP contribution in [0.1, 0.15) is 33.6 Å². The van der Waals surface area contributed by atoms with Crippen molar-refractivity contribution in [3.8, 4) is 0 Å². The van der Waals surface area contributed by atoms with Crippen LogP contribution >= 0.6 is 0 Å². The van der Waals surface area contributed by atoms with Crippen LogP contribution in [-0.2, 0) is 4.74 Å². The number of nitrogens with zero attached hydrogens (tertiary/aromatic N) is 1. The summed E-state index contributed by atoms with van der Waals surface area (Å²) in [5.74, 6) is 0. The maximum Gasteiger partial charge on any atom is 0.0783 e. The Labute approximate surface area is 83.5 Å². The van der Waals surface area contributed by atoms with E-state index in [1.54, 1.807) is 0 Å². The van der Waals surface area contributed by atoms with Gasteiger partial charge in [-0.15, -0.1) is 0 Å². The van der Waals surface area contributed by atoms with Crippen molar-refractivity contribution in [2.75, 3.05) is 33.8 Å². The molecule has 0 unspecified atom stereocenters. The van der Waals surface area contributed by atoms with Gasteiger partial charge in [0.15, 0.2) is 0 Å². The van der Waals surface area contributed by atoms with Crippen LogP contribution in [0.3, 0.4) is 0 Å². The number of quaternary nitrogens is 1. The molecular weight excluding hydrogens is 162 g/mol. The van der Waals surface area contributed by atoms with Crippen molar-refractivity contribution in [3.05, 3.63) is 0 Å². The number of ether oxygens (including phenoxy) is 1. The minimum Gasteiger partial charge on any atom is -0.379 e. The van der Waals surface area contributed by atoms with Crippen LogP contribution in [0.5, 0.6) is 0 Å². The van der Waals surface area contributed by atoms with Gasteiger partial charge in [0.2, 0.25) is 0 Å².